The molecule has 2 N–H and O–H groups in total. The van der Waals surface area contributed by atoms with Crippen LogP contribution in [0.5, 0.6) is 5.75 Å². The molecule has 0 saturated carbocycles. The maximum Gasteiger partial charge on any atom is 0.271 e. The van der Waals surface area contributed by atoms with Crippen molar-refractivity contribution in [1.29, 1.82) is 0 Å². The normalized spacial score (nSPS) is 10.7. The van der Waals surface area contributed by atoms with Crippen LogP contribution in [0.3, 0.4) is 0 Å². The van der Waals surface area contributed by atoms with E-state index in [0.29, 0.717) is 15.1 Å². The Morgan fingerprint density at radius 2 is 2.13 bits per heavy atom. The van der Waals surface area contributed by atoms with Crippen molar-refractivity contribution in [3.63, 3.8) is 0 Å². The lowest BCUT2D eigenvalue weighted by molar-refractivity contribution is -0.384. The molecule has 0 saturated heterocycles. The van der Waals surface area contributed by atoms with Gasteiger partial charge in [0.15, 0.2) is 0 Å². The SMILES string of the molecule is O=C(N/N=C/c1cc(Cl)cc(Br)c1O)c1cccc([N+](=O)[O-])c1. The van der Waals surface area contributed by atoms with Crippen molar-refractivity contribution in [2.24, 2.45) is 5.10 Å². The van der Waals surface area contributed by atoms with Crippen LogP contribution in [0.2, 0.25) is 5.02 Å². The quantitative estimate of drug-likeness (QED) is 0.467. The highest BCUT2D eigenvalue weighted by molar-refractivity contribution is 9.10. The molecule has 0 heterocycles. The number of hydrazone groups is 1. The molecule has 0 aliphatic heterocycles. The van der Waals surface area contributed by atoms with Crippen molar-refractivity contribution in [3.05, 3.63) is 67.1 Å². The van der Waals surface area contributed by atoms with E-state index >= 15 is 0 Å². The molecule has 0 aliphatic carbocycles. The predicted molar refractivity (Wildman–Crippen MR) is 89.0 cm³/mol. The molecule has 9 heteroatoms. The van der Waals surface area contributed by atoms with Gasteiger partial charge >= 0.3 is 0 Å². The van der Waals surface area contributed by atoms with E-state index < -0.39 is 10.8 Å². The first-order valence-corrected chi connectivity index (χ1v) is 7.31. The molecule has 2 aromatic carbocycles. The summed E-state index contributed by atoms with van der Waals surface area (Å²) in [6.45, 7) is 0. The Labute approximate surface area is 143 Å². The molecule has 2 rings (SSSR count). The molecule has 0 unspecified atom stereocenters. The van der Waals surface area contributed by atoms with Gasteiger partial charge in [0, 0.05) is 28.3 Å². The zero-order valence-electron chi connectivity index (χ0n) is 11.4. The molecular formula is C14H9BrClN3O4. The monoisotopic (exact) mass is 397 g/mol. The van der Waals surface area contributed by atoms with Gasteiger partial charge in [-0.15, -0.1) is 0 Å². The highest BCUT2D eigenvalue weighted by atomic mass is 79.9. The Hall–Kier alpha value is -2.45. The maximum atomic E-state index is 11.9. The summed E-state index contributed by atoms with van der Waals surface area (Å²) in [6.07, 6.45) is 1.21. The van der Waals surface area contributed by atoms with Crippen LogP contribution in [0.15, 0.2) is 46.0 Å². The van der Waals surface area contributed by atoms with Gasteiger partial charge in [-0.05, 0) is 34.1 Å². The number of phenols is 1. The summed E-state index contributed by atoms with van der Waals surface area (Å²) in [5, 5.41) is 24.6. The molecule has 0 bridgehead atoms. The fourth-order valence-corrected chi connectivity index (χ4v) is 2.50. The van der Waals surface area contributed by atoms with Gasteiger partial charge < -0.3 is 5.11 Å². The summed E-state index contributed by atoms with van der Waals surface area (Å²) in [7, 11) is 0. The summed E-state index contributed by atoms with van der Waals surface area (Å²) in [5.41, 5.74) is 2.41. The minimum absolute atomic E-state index is 0.0808. The molecule has 2 aromatic rings. The second-order valence-corrected chi connectivity index (χ2v) is 5.62. The third-order valence-corrected chi connectivity index (χ3v) is 3.57. The summed E-state index contributed by atoms with van der Waals surface area (Å²) >= 11 is 8.98. The fraction of sp³-hybridized carbons (Fsp3) is 0. The van der Waals surface area contributed by atoms with Crippen LogP contribution in [0.4, 0.5) is 5.69 Å². The zero-order chi connectivity index (χ0) is 17.0. The second kappa shape index (κ2) is 7.21. The van der Waals surface area contributed by atoms with E-state index in [1.807, 2.05) is 0 Å². The van der Waals surface area contributed by atoms with E-state index in [2.05, 4.69) is 26.5 Å². The van der Waals surface area contributed by atoms with Crippen molar-refractivity contribution in [3.8, 4) is 5.75 Å². The number of non-ortho nitro benzene ring substituents is 1. The molecule has 7 nitrogen and oxygen atoms in total. The van der Waals surface area contributed by atoms with Gasteiger partial charge in [0.25, 0.3) is 11.6 Å². The number of nitrogens with zero attached hydrogens (tertiary/aromatic N) is 2. The average molecular weight is 399 g/mol. The number of hydrogen-bond acceptors (Lipinski definition) is 5. The maximum absolute atomic E-state index is 11.9. The number of nitro benzene ring substituents is 1. The highest BCUT2D eigenvalue weighted by Crippen LogP contribution is 2.30. The van der Waals surface area contributed by atoms with E-state index in [0.717, 1.165) is 6.07 Å². The van der Waals surface area contributed by atoms with Crippen LogP contribution < -0.4 is 5.43 Å². The van der Waals surface area contributed by atoms with Gasteiger partial charge in [0.05, 0.1) is 15.6 Å². The van der Waals surface area contributed by atoms with E-state index in [-0.39, 0.29) is 17.0 Å². The molecule has 118 valence electrons. The number of carbonyl (C=O) groups is 1. The Morgan fingerprint density at radius 3 is 2.83 bits per heavy atom. The smallest absolute Gasteiger partial charge is 0.271 e. The lowest BCUT2D eigenvalue weighted by Crippen LogP contribution is -2.17. The van der Waals surface area contributed by atoms with E-state index in [1.165, 1.54) is 36.5 Å². The number of rotatable bonds is 4. The van der Waals surface area contributed by atoms with E-state index in [1.54, 1.807) is 0 Å². The largest absolute Gasteiger partial charge is 0.506 e. The van der Waals surface area contributed by atoms with Crippen LogP contribution >= 0.6 is 27.5 Å². The predicted octanol–water partition coefficient (Wildman–Crippen LogP) is 3.48. The van der Waals surface area contributed by atoms with Crippen LogP contribution in [-0.2, 0) is 0 Å². The molecule has 0 radical (unpaired) electrons. The van der Waals surface area contributed by atoms with Gasteiger partial charge in [-0.3, -0.25) is 14.9 Å². The van der Waals surface area contributed by atoms with Gasteiger partial charge in [-0.25, -0.2) is 5.43 Å². The number of benzene rings is 2. The fourth-order valence-electron chi connectivity index (χ4n) is 1.67. The number of halogens is 2. The van der Waals surface area contributed by atoms with Crippen molar-refractivity contribution >= 4 is 45.3 Å². The highest BCUT2D eigenvalue weighted by Gasteiger charge is 2.11. The van der Waals surface area contributed by atoms with Crippen molar-refractivity contribution < 1.29 is 14.8 Å². The Bertz CT molecular complexity index is 811. The third-order valence-electron chi connectivity index (χ3n) is 2.75. The van der Waals surface area contributed by atoms with E-state index in [4.69, 9.17) is 11.6 Å². The number of phenolic OH excluding ortho intramolecular Hbond substituents is 1. The summed E-state index contributed by atoms with van der Waals surface area (Å²) < 4.78 is 0.386. The van der Waals surface area contributed by atoms with Gasteiger partial charge in [0.1, 0.15) is 5.75 Å². The first kappa shape index (κ1) is 16.9. The first-order chi connectivity index (χ1) is 10.9. The summed E-state index contributed by atoms with van der Waals surface area (Å²) in [5.74, 6) is -0.701. The number of amides is 1. The Balaban J connectivity index is 2.13. The minimum Gasteiger partial charge on any atom is -0.506 e. The molecule has 0 atom stereocenters. The molecule has 0 spiro atoms. The number of nitro groups is 1. The van der Waals surface area contributed by atoms with Crippen LogP contribution in [0.25, 0.3) is 0 Å². The van der Waals surface area contributed by atoms with Crippen molar-refractivity contribution in [2.75, 3.05) is 0 Å². The van der Waals surface area contributed by atoms with Crippen LogP contribution in [-0.4, -0.2) is 22.2 Å². The van der Waals surface area contributed by atoms with Crippen LogP contribution in [0, 0.1) is 10.1 Å². The molecule has 1 amide bonds. The Morgan fingerprint density at radius 1 is 1.39 bits per heavy atom. The zero-order valence-corrected chi connectivity index (χ0v) is 13.7. The molecule has 23 heavy (non-hydrogen) atoms. The van der Waals surface area contributed by atoms with Crippen molar-refractivity contribution in [1.82, 2.24) is 5.43 Å². The topological polar surface area (TPSA) is 105 Å². The number of aromatic hydroxyl groups is 1. The molecular weight excluding hydrogens is 390 g/mol. The lowest BCUT2D eigenvalue weighted by atomic mass is 10.2. The van der Waals surface area contributed by atoms with E-state index in [9.17, 15) is 20.0 Å². The Kier molecular flexibility index (Phi) is 5.30. The molecule has 0 fully saturated rings. The molecule has 0 aromatic heterocycles. The summed E-state index contributed by atoms with van der Waals surface area (Å²) in [6, 6.07) is 8.21. The minimum atomic E-state index is -0.620. The van der Waals surface area contributed by atoms with Gasteiger partial charge in [-0.1, -0.05) is 17.7 Å². The van der Waals surface area contributed by atoms with Crippen LogP contribution in [0.1, 0.15) is 15.9 Å². The van der Waals surface area contributed by atoms with Gasteiger partial charge in [-0.2, -0.15) is 5.10 Å². The number of nitrogens with one attached hydrogen (secondary N) is 1. The second-order valence-electron chi connectivity index (χ2n) is 4.33. The molecule has 0 aliphatic rings. The third kappa shape index (κ3) is 4.27. The number of hydrogen-bond donors (Lipinski definition) is 2. The lowest BCUT2D eigenvalue weighted by Gasteiger charge is -2.03. The average Bonchev–Trinajstić information content (AvgIpc) is 2.51. The summed E-state index contributed by atoms with van der Waals surface area (Å²) in [4.78, 5) is 22.0. The standard InChI is InChI=1S/C14H9BrClN3O4/c15-12-6-10(16)4-9(13(12)20)7-17-18-14(21)8-2-1-3-11(5-8)19(22)23/h1-7,20H,(H,18,21)/b17-7+. The van der Waals surface area contributed by atoms with Gasteiger partial charge in [0.2, 0.25) is 0 Å². The first-order valence-electron chi connectivity index (χ1n) is 6.14. The van der Waals surface area contributed by atoms with Crippen molar-refractivity contribution in [2.45, 2.75) is 0 Å². The number of carbonyl (C=O) groups excluding carboxylic acids is 1.